The van der Waals surface area contributed by atoms with Crippen molar-refractivity contribution in [1.82, 2.24) is 15.5 Å². The van der Waals surface area contributed by atoms with Crippen LogP contribution < -0.4 is 10.2 Å². The van der Waals surface area contributed by atoms with Crippen molar-refractivity contribution in [3.63, 3.8) is 0 Å². The first-order chi connectivity index (χ1) is 17.8. The second-order valence-electron chi connectivity index (χ2n) is 9.47. The van der Waals surface area contributed by atoms with Crippen LogP contribution in [-0.2, 0) is 6.42 Å². The van der Waals surface area contributed by atoms with Gasteiger partial charge in [0.05, 0.1) is 17.3 Å². The van der Waals surface area contributed by atoms with Crippen molar-refractivity contribution in [3.05, 3.63) is 106 Å². The lowest BCUT2D eigenvalue weighted by Gasteiger charge is -2.35. The van der Waals surface area contributed by atoms with E-state index in [1.54, 1.807) is 19.1 Å². The Labute approximate surface area is 215 Å². The Balaban J connectivity index is 1.65. The van der Waals surface area contributed by atoms with E-state index in [1.807, 2.05) is 57.2 Å². The lowest BCUT2D eigenvalue weighted by atomic mass is 9.92. The first-order valence-electron chi connectivity index (χ1n) is 12.3. The Hall–Kier alpha value is -4.26. The molecule has 0 saturated heterocycles. The van der Waals surface area contributed by atoms with E-state index in [2.05, 4.69) is 23.5 Å². The number of anilines is 1. The van der Waals surface area contributed by atoms with Crippen molar-refractivity contribution in [2.75, 3.05) is 4.90 Å². The smallest absolute Gasteiger partial charge is 0.327 e. The molecule has 3 aromatic carbocycles. The number of urea groups is 1. The number of nitrogens with zero attached hydrogens (tertiary/aromatic N) is 3. The molecule has 4 aromatic rings. The number of hydrogen-bond donors (Lipinski definition) is 1. The third kappa shape index (κ3) is 4.53. The van der Waals surface area contributed by atoms with Gasteiger partial charge in [0, 0.05) is 11.3 Å². The van der Waals surface area contributed by atoms with Crippen LogP contribution in [0.25, 0.3) is 17.0 Å². The molecule has 0 fully saturated rings. The van der Waals surface area contributed by atoms with Gasteiger partial charge in [-0.15, -0.1) is 0 Å². The second-order valence-corrected chi connectivity index (χ2v) is 9.47. The van der Waals surface area contributed by atoms with Gasteiger partial charge in [0.2, 0.25) is 5.82 Å². The molecule has 7 heteroatoms. The monoisotopic (exact) mass is 496 g/mol. The predicted molar refractivity (Wildman–Crippen MR) is 143 cm³/mol. The van der Waals surface area contributed by atoms with Crippen LogP contribution in [0.1, 0.15) is 53.6 Å². The summed E-state index contributed by atoms with van der Waals surface area (Å²) in [5.74, 6) is 0.376. The zero-order chi connectivity index (χ0) is 26.3. The number of rotatable bonds is 5. The number of aryl methyl sites for hydroxylation is 4. The fraction of sp³-hybridized carbons (Fsp3) is 0.233. The Morgan fingerprint density at radius 2 is 1.68 bits per heavy atom. The lowest BCUT2D eigenvalue weighted by Crippen LogP contribution is -2.46. The van der Waals surface area contributed by atoms with Gasteiger partial charge in [-0.3, -0.25) is 4.90 Å². The van der Waals surface area contributed by atoms with Crippen LogP contribution in [0.5, 0.6) is 0 Å². The normalized spacial score (nSPS) is 15.8. The van der Waals surface area contributed by atoms with Crippen molar-refractivity contribution in [2.24, 2.45) is 0 Å². The Kier molecular flexibility index (Phi) is 6.38. The first kappa shape index (κ1) is 24.4. The highest BCUT2D eigenvalue weighted by molar-refractivity contribution is 6.01. The van der Waals surface area contributed by atoms with Crippen LogP contribution in [0.3, 0.4) is 0 Å². The molecular formula is C30H29FN4O2. The molecule has 0 saturated carbocycles. The number of halogens is 1. The number of nitrogens with one attached hydrogen (secondary N) is 1. The molecular weight excluding hydrogens is 467 g/mol. The van der Waals surface area contributed by atoms with Gasteiger partial charge < -0.3 is 9.84 Å². The minimum absolute atomic E-state index is 0.299. The van der Waals surface area contributed by atoms with Crippen molar-refractivity contribution >= 4 is 17.3 Å². The Morgan fingerprint density at radius 1 is 0.946 bits per heavy atom. The SMILES string of the molecule is CCc1ccc(-c2noc(C3=C(C)N(c4ccc(C)c(F)c4)C(=O)NC3c3ccc(C)c(C)c3)n2)cc1. The van der Waals surface area contributed by atoms with Gasteiger partial charge in [-0.25, -0.2) is 9.18 Å². The van der Waals surface area contributed by atoms with Gasteiger partial charge >= 0.3 is 6.03 Å². The minimum Gasteiger partial charge on any atom is -0.334 e. The summed E-state index contributed by atoms with van der Waals surface area (Å²) >= 11 is 0. The number of hydrogen-bond acceptors (Lipinski definition) is 4. The average molecular weight is 497 g/mol. The summed E-state index contributed by atoms with van der Waals surface area (Å²) in [4.78, 5) is 19.6. The van der Waals surface area contributed by atoms with E-state index < -0.39 is 6.04 Å². The third-order valence-corrected chi connectivity index (χ3v) is 7.04. The highest BCUT2D eigenvalue weighted by Crippen LogP contribution is 2.39. The number of amides is 2. The van der Waals surface area contributed by atoms with Gasteiger partial charge in [-0.2, -0.15) is 4.98 Å². The van der Waals surface area contributed by atoms with Crippen molar-refractivity contribution in [1.29, 1.82) is 0 Å². The molecule has 188 valence electrons. The molecule has 1 N–H and O–H groups in total. The van der Waals surface area contributed by atoms with E-state index >= 15 is 0 Å². The lowest BCUT2D eigenvalue weighted by molar-refractivity contribution is 0.244. The number of carbonyl (C=O) groups excluding carboxylic acids is 1. The molecule has 0 aliphatic carbocycles. The molecule has 0 radical (unpaired) electrons. The summed E-state index contributed by atoms with van der Waals surface area (Å²) in [7, 11) is 0. The molecule has 2 heterocycles. The molecule has 5 rings (SSSR count). The summed E-state index contributed by atoms with van der Waals surface area (Å²) in [6.07, 6.45) is 0.941. The minimum atomic E-state index is -0.519. The molecule has 0 bridgehead atoms. The largest absolute Gasteiger partial charge is 0.334 e. The van der Waals surface area contributed by atoms with Gasteiger partial charge in [-0.1, -0.05) is 60.6 Å². The maximum atomic E-state index is 14.5. The average Bonchev–Trinajstić information content (AvgIpc) is 3.37. The molecule has 1 aliphatic heterocycles. The number of aromatic nitrogens is 2. The van der Waals surface area contributed by atoms with Gasteiger partial charge in [-0.05, 0) is 74.1 Å². The van der Waals surface area contributed by atoms with Gasteiger partial charge in [0.1, 0.15) is 5.82 Å². The highest BCUT2D eigenvalue weighted by Gasteiger charge is 2.36. The summed E-state index contributed by atoms with van der Waals surface area (Å²) in [5.41, 5.74) is 7.39. The summed E-state index contributed by atoms with van der Waals surface area (Å²) in [6.45, 7) is 9.69. The van der Waals surface area contributed by atoms with Crippen LogP contribution in [0, 0.1) is 26.6 Å². The second kappa shape index (κ2) is 9.65. The zero-order valence-corrected chi connectivity index (χ0v) is 21.6. The molecule has 6 nitrogen and oxygen atoms in total. The fourth-order valence-electron chi connectivity index (χ4n) is 4.59. The molecule has 1 unspecified atom stereocenters. The highest BCUT2D eigenvalue weighted by atomic mass is 19.1. The van der Waals surface area contributed by atoms with Crippen LogP contribution in [0.2, 0.25) is 0 Å². The molecule has 0 spiro atoms. The van der Waals surface area contributed by atoms with E-state index in [-0.39, 0.29) is 11.8 Å². The molecule has 1 aromatic heterocycles. The number of benzene rings is 3. The Morgan fingerprint density at radius 3 is 2.35 bits per heavy atom. The van der Waals surface area contributed by atoms with Crippen molar-refractivity contribution in [2.45, 2.75) is 47.1 Å². The maximum absolute atomic E-state index is 14.5. The van der Waals surface area contributed by atoms with Crippen LogP contribution in [-0.4, -0.2) is 16.2 Å². The standard InChI is InChI=1S/C30H29FN4O2/c1-6-21-9-12-22(13-10-21)28-33-29(37-34-28)26-20(5)35(24-14-8-18(3)25(31)16-24)30(36)32-27(26)23-11-7-17(2)19(4)15-23/h7-16,27H,6H2,1-5H3,(H,32,36). The molecule has 1 atom stereocenters. The molecule has 1 aliphatic rings. The predicted octanol–water partition coefficient (Wildman–Crippen LogP) is 7.07. The van der Waals surface area contributed by atoms with E-state index in [0.29, 0.717) is 34.2 Å². The van der Waals surface area contributed by atoms with Gasteiger partial charge in [0.25, 0.3) is 5.89 Å². The molecule has 37 heavy (non-hydrogen) atoms. The summed E-state index contributed by atoms with van der Waals surface area (Å²) < 4.78 is 20.2. The number of carbonyl (C=O) groups is 1. The van der Waals surface area contributed by atoms with Crippen molar-refractivity contribution in [3.8, 4) is 11.4 Å². The van der Waals surface area contributed by atoms with E-state index in [9.17, 15) is 9.18 Å². The van der Waals surface area contributed by atoms with E-state index in [1.165, 1.54) is 16.5 Å². The third-order valence-electron chi connectivity index (χ3n) is 7.04. The number of allylic oxidation sites excluding steroid dienone is 1. The van der Waals surface area contributed by atoms with Crippen LogP contribution in [0.4, 0.5) is 14.9 Å². The zero-order valence-electron chi connectivity index (χ0n) is 21.6. The quantitative estimate of drug-likeness (QED) is 0.321. The van der Waals surface area contributed by atoms with E-state index in [0.717, 1.165) is 28.7 Å². The maximum Gasteiger partial charge on any atom is 0.327 e. The Bertz CT molecular complexity index is 1520. The van der Waals surface area contributed by atoms with E-state index in [4.69, 9.17) is 9.51 Å². The summed E-state index contributed by atoms with van der Waals surface area (Å²) in [6, 6.07) is 18.0. The fourth-order valence-corrected chi connectivity index (χ4v) is 4.59. The summed E-state index contributed by atoms with van der Waals surface area (Å²) in [5, 5.41) is 7.33. The molecule has 2 amide bonds. The van der Waals surface area contributed by atoms with Crippen LogP contribution >= 0.6 is 0 Å². The topological polar surface area (TPSA) is 71.3 Å². The van der Waals surface area contributed by atoms with Crippen LogP contribution in [0.15, 0.2) is 70.9 Å². The first-order valence-corrected chi connectivity index (χ1v) is 12.3. The van der Waals surface area contributed by atoms with Gasteiger partial charge in [0.15, 0.2) is 0 Å². The van der Waals surface area contributed by atoms with Crippen molar-refractivity contribution < 1.29 is 13.7 Å².